The number of hydrogen-bond acceptors (Lipinski definition) is 7. The third kappa shape index (κ3) is 4.34. The average Bonchev–Trinajstić information content (AvgIpc) is 2.70. The fourth-order valence-corrected chi connectivity index (χ4v) is 2.24. The van der Waals surface area contributed by atoms with Gasteiger partial charge in [0.05, 0.1) is 10.5 Å². The summed E-state index contributed by atoms with van der Waals surface area (Å²) in [6, 6.07) is 14.1. The minimum Gasteiger partial charge on any atom is -0.483 e. The Bertz CT molecular complexity index is 1010. The van der Waals surface area contributed by atoms with Crippen molar-refractivity contribution in [3.05, 3.63) is 76.5 Å². The van der Waals surface area contributed by atoms with Crippen LogP contribution in [0.4, 0.5) is 5.69 Å². The number of nitrogens with two attached hydrogens (primary N) is 1. The Labute approximate surface area is 153 Å². The van der Waals surface area contributed by atoms with Gasteiger partial charge in [-0.05, 0) is 24.3 Å². The molecule has 0 saturated heterocycles. The molecule has 0 bridgehead atoms. The molecule has 1 heterocycles. The molecular formula is C18H14N4O5. The third-order valence-corrected chi connectivity index (χ3v) is 3.53. The van der Waals surface area contributed by atoms with E-state index in [1.165, 1.54) is 24.3 Å². The summed E-state index contributed by atoms with van der Waals surface area (Å²) in [5, 5.41) is 15.0. The van der Waals surface area contributed by atoms with Gasteiger partial charge in [-0.25, -0.2) is 4.79 Å². The molecule has 0 saturated carbocycles. The van der Waals surface area contributed by atoms with Gasteiger partial charge in [-0.15, -0.1) is 0 Å². The van der Waals surface area contributed by atoms with Crippen molar-refractivity contribution >= 4 is 28.4 Å². The lowest BCUT2D eigenvalue weighted by molar-refractivity contribution is -0.384. The van der Waals surface area contributed by atoms with Crippen LogP contribution in [0.3, 0.4) is 0 Å². The SMILES string of the molecule is N/C(COc1cccc2cccnc12)=N\OC(=O)c1ccc([N+](=O)[O-])cc1. The molecule has 0 radical (unpaired) electrons. The Hall–Kier alpha value is -4.01. The molecule has 0 unspecified atom stereocenters. The van der Waals surface area contributed by atoms with Crippen LogP contribution in [0.5, 0.6) is 5.75 Å². The molecule has 9 heteroatoms. The summed E-state index contributed by atoms with van der Waals surface area (Å²) in [7, 11) is 0. The summed E-state index contributed by atoms with van der Waals surface area (Å²) in [4.78, 5) is 30.9. The van der Waals surface area contributed by atoms with Crippen LogP contribution in [0.2, 0.25) is 0 Å². The van der Waals surface area contributed by atoms with Crippen molar-refractivity contribution in [1.82, 2.24) is 4.98 Å². The zero-order chi connectivity index (χ0) is 19.2. The maximum absolute atomic E-state index is 11.9. The second-order valence-electron chi connectivity index (χ2n) is 5.39. The van der Waals surface area contributed by atoms with Crippen molar-refractivity contribution in [2.75, 3.05) is 6.61 Å². The number of hydrogen-bond donors (Lipinski definition) is 1. The fourth-order valence-electron chi connectivity index (χ4n) is 2.24. The van der Waals surface area contributed by atoms with E-state index in [2.05, 4.69) is 10.1 Å². The first-order valence-electron chi connectivity index (χ1n) is 7.79. The van der Waals surface area contributed by atoms with Gasteiger partial charge < -0.3 is 15.3 Å². The van der Waals surface area contributed by atoms with Gasteiger partial charge in [0, 0.05) is 23.7 Å². The second kappa shape index (κ2) is 7.91. The maximum Gasteiger partial charge on any atom is 0.365 e. The molecule has 0 spiro atoms. The van der Waals surface area contributed by atoms with Crippen molar-refractivity contribution in [3.63, 3.8) is 0 Å². The van der Waals surface area contributed by atoms with Gasteiger partial charge in [0.1, 0.15) is 17.9 Å². The van der Waals surface area contributed by atoms with Crippen LogP contribution in [0.1, 0.15) is 10.4 Å². The van der Waals surface area contributed by atoms with Crippen molar-refractivity contribution < 1.29 is 19.3 Å². The lowest BCUT2D eigenvalue weighted by Crippen LogP contribution is -2.22. The molecule has 0 aliphatic carbocycles. The number of carbonyl (C=O) groups excluding carboxylic acids is 1. The Kier molecular flexibility index (Phi) is 5.22. The molecule has 2 aromatic carbocycles. The molecule has 0 amide bonds. The van der Waals surface area contributed by atoms with E-state index in [1.807, 2.05) is 24.3 Å². The first-order chi connectivity index (χ1) is 13.0. The lowest BCUT2D eigenvalue weighted by Gasteiger charge is -2.07. The molecule has 0 aliphatic rings. The number of non-ortho nitro benzene ring substituents is 1. The first-order valence-corrected chi connectivity index (χ1v) is 7.79. The van der Waals surface area contributed by atoms with Crippen LogP contribution < -0.4 is 10.5 Å². The molecule has 9 nitrogen and oxygen atoms in total. The summed E-state index contributed by atoms with van der Waals surface area (Å²) in [6.45, 7) is -0.108. The highest BCUT2D eigenvalue weighted by Gasteiger charge is 2.11. The van der Waals surface area contributed by atoms with Gasteiger partial charge in [-0.1, -0.05) is 23.4 Å². The number of aromatic nitrogens is 1. The molecule has 1 aromatic heterocycles. The van der Waals surface area contributed by atoms with Crippen molar-refractivity contribution in [3.8, 4) is 5.75 Å². The molecule has 0 fully saturated rings. The number of nitro benzene ring substituents is 1. The average molecular weight is 366 g/mol. The number of benzene rings is 2. The highest BCUT2D eigenvalue weighted by atomic mass is 16.7. The molecule has 0 atom stereocenters. The summed E-state index contributed by atoms with van der Waals surface area (Å²) >= 11 is 0. The number of nitrogens with zero attached hydrogens (tertiary/aromatic N) is 3. The predicted molar refractivity (Wildman–Crippen MR) is 97.4 cm³/mol. The topological polar surface area (TPSA) is 130 Å². The van der Waals surface area contributed by atoms with Crippen LogP contribution in [0.25, 0.3) is 10.9 Å². The van der Waals surface area contributed by atoms with Crippen LogP contribution >= 0.6 is 0 Å². The van der Waals surface area contributed by atoms with E-state index in [0.717, 1.165) is 5.39 Å². The minimum absolute atomic E-state index is 0.0572. The number of para-hydroxylation sites is 1. The number of nitro groups is 1. The smallest absolute Gasteiger partial charge is 0.365 e. The van der Waals surface area contributed by atoms with Crippen LogP contribution in [0, 0.1) is 10.1 Å². The van der Waals surface area contributed by atoms with Gasteiger partial charge in [0.15, 0.2) is 5.84 Å². The van der Waals surface area contributed by atoms with Gasteiger partial charge in [0.25, 0.3) is 5.69 Å². The summed E-state index contributed by atoms with van der Waals surface area (Å²) in [6.07, 6.45) is 1.65. The zero-order valence-corrected chi connectivity index (χ0v) is 13.9. The number of fused-ring (bicyclic) bond motifs is 1. The number of rotatable bonds is 6. The highest BCUT2D eigenvalue weighted by Crippen LogP contribution is 2.22. The van der Waals surface area contributed by atoms with Crippen LogP contribution in [-0.2, 0) is 4.84 Å². The molecular weight excluding hydrogens is 352 g/mol. The quantitative estimate of drug-likeness (QED) is 0.233. The van der Waals surface area contributed by atoms with E-state index in [0.29, 0.717) is 11.3 Å². The molecule has 136 valence electrons. The van der Waals surface area contributed by atoms with Gasteiger partial charge >= 0.3 is 5.97 Å². The number of carbonyl (C=O) groups is 1. The third-order valence-electron chi connectivity index (χ3n) is 3.53. The van der Waals surface area contributed by atoms with Crippen molar-refractivity contribution in [2.45, 2.75) is 0 Å². The molecule has 0 aliphatic heterocycles. The minimum atomic E-state index is -0.792. The number of oxime groups is 1. The summed E-state index contributed by atoms with van der Waals surface area (Å²) < 4.78 is 5.58. The zero-order valence-electron chi connectivity index (χ0n) is 13.9. The standard InChI is InChI=1S/C18H14N4O5/c19-16(11-26-15-5-1-3-12-4-2-10-20-17(12)15)21-27-18(23)13-6-8-14(9-7-13)22(24)25/h1-10H,11H2,(H2,19,21). The van der Waals surface area contributed by atoms with Gasteiger partial charge in [-0.2, -0.15) is 0 Å². The van der Waals surface area contributed by atoms with E-state index < -0.39 is 10.9 Å². The largest absolute Gasteiger partial charge is 0.483 e. The summed E-state index contributed by atoms with van der Waals surface area (Å²) in [5.74, 6) is -0.328. The summed E-state index contributed by atoms with van der Waals surface area (Å²) in [5.41, 5.74) is 6.35. The maximum atomic E-state index is 11.9. The highest BCUT2D eigenvalue weighted by molar-refractivity contribution is 5.91. The fraction of sp³-hybridized carbons (Fsp3) is 0.0556. The molecule has 27 heavy (non-hydrogen) atoms. The van der Waals surface area contributed by atoms with E-state index in [1.54, 1.807) is 12.3 Å². The lowest BCUT2D eigenvalue weighted by atomic mass is 10.2. The molecule has 3 rings (SSSR count). The number of amidine groups is 1. The van der Waals surface area contributed by atoms with E-state index in [4.69, 9.17) is 15.3 Å². The van der Waals surface area contributed by atoms with Gasteiger partial charge in [-0.3, -0.25) is 15.1 Å². The van der Waals surface area contributed by atoms with E-state index >= 15 is 0 Å². The van der Waals surface area contributed by atoms with Crippen molar-refractivity contribution in [2.24, 2.45) is 10.9 Å². The monoisotopic (exact) mass is 366 g/mol. The van der Waals surface area contributed by atoms with Crippen LogP contribution in [0.15, 0.2) is 65.9 Å². The number of ether oxygens (including phenoxy) is 1. The van der Waals surface area contributed by atoms with Crippen molar-refractivity contribution in [1.29, 1.82) is 0 Å². The normalized spacial score (nSPS) is 11.2. The number of pyridine rings is 1. The van der Waals surface area contributed by atoms with Crippen LogP contribution in [-0.4, -0.2) is 28.3 Å². The predicted octanol–water partition coefficient (Wildman–Crippen LogP) is 2.65. The molecule has 2 N–H and O–H groups in total. The van der Waals surface area contributed by atoms with Gasteiger partial charge in [0.2, 0.25) is 0 Å². The Balaban J connectivity index is 1.60. The Morgan fingerprint density at radius 2 is 1.89 bits per heavy atom. The first kappa shape index (κ1) is 17.8. The van der Waals surface area contributed by atoms with E-state index in [-0.39, 0.29) is 23.7 Å². The second-order valence-corrected chi connectivity index (χ2v) is 5.39. The Morgan fingerprint density at radius 3 is 2.63 bits per heavy atom. The molecule has 3 aromatic rings. The van der Waals surface area contributed by atoms with E-state index in [9.17, 15) is 14.9 Å². The Morgan fingerprint density at radius 1 is 1.15 bits per heavy atom.